The van der Waals surface area contributed by atoms with Gasteiger partial charge in [-0.15, -0.1) is 0 Å². The summed E-state index contributed by atoms with van der Waals surface area (Å²) in [7, 11) is 2.16. The van der Waals surface area contributed by atoms with Crippen LogP contribution in [0.1, 0.15) is 50.5 Å². The Kier molecular flexibility index (Phi) is 5.41. The van der Waals surface area contributed by atoms with Crippen molar-refractivity contribution in [3.8, 4) is 0 Å². The molecule has 1 saturated carbocycles. The summed E-state index contributed by atoms with van der Waals surface area (Å²) in [6.07, 6.45) is 5.42. The van der Waals surface area contributed by atoms with Crippen LogP contribution in [0.2, 0.25) is 0 Å². The highest BCUT2D eigenvalue weighted by atomic mass is 16.3. The minimum absolute atomic E-state index is 0.151. The zero-order valence-corrected chi connectivity index (χ0v) is 12.3. The summed E-state index contributed by atoms with van der Waals surface area (Å²) < 4.78 is 0. The van der Waals surface area contributed by atoms with E-state index in [1.54, 1.807) is 0 Å². The van der Waals surface area contributed by atoms with E-state index >= 15 is 0 Å². The first-order valence-corrected chi connectivity index (χ1v) is 7.65. The number of hydrogen-bond acceptors (Lipinski definition) is 2. The van der Waals surface area contributed by atoms with Crippen molar-refractivity contribution in [2.45, 2.75) is 57.1 Å². The van der Waals surface area contributed by atoms with E-state index in [1.807, 2.05) is 0 Å². The molecule has 3 atom stereocenters. The van der Waals surface area contributed by atoms with Gasteiger partial charge in [-0.2, -0.15) is 0 Å². The van der Waals surface area contributed by atoms with Crippen molar-refractivity contribution in [3.05, 3.63) is 35.9 Å². The smallest absolute Gasteiger partial charge is 0.0695 e. The Morgan fingerprint density at radius 3 is 2.63 bits per heavy atom. The molecular formula is C17H27NO. The third-order valence-electron chi connectivity index (χ3n) is 4.48. The number of rotatable bonds is 5. The van der Waals surface area contributed by atoms with Crippen molar-refractivity contribution in [1.29, 1.82) is 0 Å². The van der Waals surface area contributed by atoms with Crippen LogP contribution in [0.4, 0.5) is 0 Å². The molecule has 1 aromatic rings. The van der Waals surface area contributed by atoms with E-state index in [9.17, 15) is 5.11 Å². The summed E-state index contributed by atoms with van der Waals surface area (Å²) in [5.74, 6) is 0.610. The molecule has 0 heterocycles. The van der Waals surface area contributed by atoms with E-state index in [4.69, 9.17) is 0 Å². The lowest BCUT2D eigenvalue weighted by Gasteiger charge is -2.39. The van der Waals surface area contributed by atoms with Gasteiger partial charge < -0.3 is 10.0 Å². The molecule has 3 unspecified atom stereocenters. The Bertz CT molecular complexity index is 365. The molecule has 1 aliphatic rings. The predicted octanol–water partition coefficient (Wildman–Crippen LogP) is 3.42. The van der Waals surface area contributed by atoms with Crippen molar-refractivity contribution in [2.24, 2.45) is 0 Å². The first kappa shape index (κ1) is 14.5. The number of unbranched alkanes of at least 4 members (excludes halogenated alkanes) is 1. The van der Waals surface area contributed by atoms with Gasteiger partial charge in [0, 0.05) is 6.04 Å². The normalized spacial score (nSPS) is 27.7. The Hall–Kier alpha value is -0.860. The van der Waals surface area contributed by atoms with E-state index < -0.39 is 0 Å². The highest BCUT2D eigenvalue weighted by Gasteiger charge is 2.32. The Morgan fingerprint density at radius 2 is 1.95 bits per heavy atom. The number of benzene rings is 1. The van der Waals surface area contributed by atoms with Crippen molar-refractivity contribution in [2.75, 3.05) is 13.6 Å². The van der Waals surface area contributed by atoms with Crippen LogP contribution in [0.25, 0.3) is 0 Å². The molecule has 0 saturated heterocycles. The largest absolute Gasteiger partial charge is 0.391 e. The van der Waals surface area contributed by atoms with Gasteiger partial charge in [0.15, 0.2) is 0 Å². The summed E-state index contributed by atoms with van der Waals surface area (Å²) in [6.45, 7) is 3.32. The van der Waals surface area contributed by atoms with Crippen LogP contribution >= 0.6 is 0 Å². The minimum atomic E-state index is -0.151. The quantitative estimate of drug-likeness (QED) is 0.878. The van der Waals surface area contributed by atoms with Crippen LogP contribution < -0.4 is 0 Å². The number of aliphatic hydroxyl groups is 1. The van der Waals surface area contributed by atoms with Gasteiger partial charge >= 0.3 is 0 Å². The second-order valence-electron chi connectivity index (χ2n) is 5.89. The van der Waals surface area contributed by atoms with E-state index in [0.717, 1.165) is 25.8 Å². The molecule has 1 aliphatic carbocycles. The maximum absolute atomic E-state index is 10.3. The van der Waals surface area contributed by atoms with Crippen LogP contribution in [0.15, 0.2) is 30.3 Å². The highest BCUT2D eigenvalue weighted by molar-refractivity contribution is 5.20. The van der Waals surface area contributed by atoms with E-state index in [0.29, 0.717) is 12.0 Å². The minimum Gasteiger partial charge on any atom is -0.391 e. The fourth-order valence-corrected chi connectivity index (χ4v) is 3.21. The molecule has 2 heteroatoms. The molecule has 2 rings (SSSR count). The van der Waals surface area contributed by atoms with Crippen molar-refractivity contribution < 1.29 is 5.11 Å². The van der Waals surface area contributed by atoms with Crippen molar-refractivity contribution in [3.63, 3.8) is 0 Å². The summed E-state index contributed by atoms with van der Waals surface area (Å²) in [5.41, 5.74) is 1.43. The fourth-order valence-electron chi connectivity index (χ4n) is 3.21. The second-order valence-corrected chi connectivity index (χ2v) is 5.89. The zero-order chi connectivity index (χ0) is 13.7. The van der Waals surface area contributed by atoms with E-state index in [-0.39, 0.29) is 6.10 Å². The Morgan fingerprint density at radius 1 is 1.21 bits per heavy atom. The van der Waals surface area contributed by atoms with Gasteiger partial charge in [0.2, 0.25) is 0 Å². The van der Waals surface area contributed by atoms with Crippen LogP contribution in [0.3, 0.4) is 0 Å². The molecule has 2 nitrogen and oxygen atoms in total. The maximum Gasteiger partial charge on any atom is 0.0695 e. The van der Waals surface area contributed by atoms with Gasteiger partial charge in [-0.05, 0) is 50.8 Å². The molecule has 0 aliphatic heterocycles. The van der Waals surface area contributed by atoms with Gasteiger partial charge in [0.25, 0.3) is 0 Å². The van der Waals surface area contributed by atoms with Gasteiger partial charge in [0.05, 0.1) is 6.10 Å². The van der Waals surface area contributed by atoms with Crippen LogP contribution in [-0.4, -0.2) is 35.7 Å². The van der Waals surface area contributed by atoms with E-state index in [2.05, 4.69) is 49.2 Å². The standard InChI is InChI=1S/C17H27NO/c1-3-4-12-18(2)16-13-15(10-11-17(16)19)14-8-6-5-7-9-14/h5-9,15-17,19H,3-4,10-13H2,1-2H3. The number of likely N-dealkylation sites (N-methyl/N-ethyl adjacent to an activating group) is 1. The summed E-state index contributed by atoms with van der Waals surface area (Å²) >= 11 is 0. The molecule has 0 bridgehead atoms. The van der Waals surface area contributed by atoms with Gasteiger partial charge in [-0.3, -0.25) is 0 Å². The highest BCUT2D eigenvalue weighted by Crippen LogP contribution is 2.34. The van der Waals surface area contributed by atoms with Crippen molar-refractivity contribution in [1.82, 2.24) is 4.90 Å². The lowest BCUT2D eigenvalue weighted by atomic mass is 9.79. The zero-order valence-electron chi connectivity index (χ0n) is 12.3. The van der Waals surface area contributed by atoms with Crippen molar-refractivity contribution >= 4 is 0 Å². The second kappa shape index (κ2) is 7.06. The van der Waals surface area contributed by atoms with Crippen LogP contribution in [0, 0.1) is 0 Å². The van der Waals surface area contributed by atoms with Crippen LogP contribution in [-0.2, 0) is 0 Å². The average molecular weight is 261 g/mol. The molecule has 1 aromatic carbocycles. The first-order valence-electron chi connectivity index (χ1n) is 7.65. The molecular weight excluding hydrogens is 234 g/mol. The molecule has 0 radical (unpaired) electrons. The topological polar surface area (TPSA) is 23.5 Å². The van der Waals surface area contributed by atoms with Gasteiger partial charge in [-0.1, -0.05) is 43.7 Å². The maximum atomic E-state index is 10.3. The summed E-state index contributed by atoms with van der Waals surface area (Å²) in [5, 5.41) is 10.3. The molecule has 0 amide bonds. The third kappa shape index (κ3) is 3.80. The lowest BCUT2D eigenvalue weighted by molar-refractivity contribution is 0.0251. The first-order chi connectivity index (χ1) is 9.22. The molecule has 19 heavy (non-hydrogen) atoms. The molecule has 0 spiro atoms. The molecule has 0 aromatic heterocycles. The fraction of sp³-hybridized carbons (Fsp3) is 0.647. The SMILES string of the molecule is CCCCN(C)C1CC(c2ccccc2)CCC1O. The summed E-state index contributed by atoms with van der Waals surface area (Å²) in [6, 6.07) is 11.1. The number of nitrogens with zero attached hydrogens (tertiary/aromatic N) is 1. The number of aliphatic hydroxyl groups excluding tert-OH is 1. The molecule has 1 fully saturated rings. The molecule has 106 valence electrons. The van der Waals surface area contributed by atoms with Crippen LogP contribution in [0.5, 0.6) is 0 Å². The van der Waals surface area contributed by atoms with E-state index in [1.165, 1.54) is 18.4 Å². The Balaban J connectivity index is 1.99. The lowest BCUT2D eigenvalue weighted by Crippen LogP contribution is -2.45. The Labute approximate surface area is 117 Å². The number of hydrogen-bond donors (Lipinski definition) is 1. The third-order valence-corrected chi connectivity index (χ3v) is 4.48. The predicted molar refractivity (Wildman–Crippen MR) is 80.4 cm³/mol. The summed E-state index contributed by atoms with van der Waals surface area (Å²) in [4.78, 5) is 2.36. The average Bonchev–Trinajstić information content (AvgIpc) is 2.46. The monoisotopic (exact) mass is 261 g/mol. The van der Waals surface area contributed by atoms with Gasteiger partial charge in [0.1, 0.15) is 0 Å². The van der Waals surface area contributed by atoms with Gasteiger partial charge in [-0.25, -0.2) is 0 Å². The molecule has 1 N–H and O–H groups in total.